The third kappa shape index (κ3) is 2.75. The zero-order valence-electron chi connectivity index (χ0n) is 12.2. The van der Waals surface area contributed by atoms with Gasteiger partial charge in [0, 0.05) is 10.7 Å². The fourth-order valence-corrected chi connectivity index (χ4v) is 4.05. The normalized spacial score (nSPS) is 16.2. The van der Waals surface area contributed by atoms with Gasteiger partial charge in [-0.3, -0.25) is 9.36 Å². The van der Waals surface area contributed by atoms with E-state index in [4.69, 9.17) is 23.8 Å². The zero-order valence-corrected chi connectivity index (χ0v) is 14.6. The fraction of sp³-hybridized carbons (Fsp3) is 0.0625. The predicted molar refractivity (Wildman–Crippen MR) is 101 cm³/mol. The Bertz CT molecular complexity index is 972. The van der Waals surface area contributed by atoms with Gasteiger partial charge in [0.15, 0.2) is 15.6 Å². The van der Waals surface area contributed by atoms with E-state index in [0.29, 0.717) is 15.3 Å². The number of nitrogens with one attached hydrogen (secondary N) is 2. The zero-order chi connectivity index (χ0) is 16.7. The number of imidazole rings is 1. The van der Waals surface area contributed by atoms with Crippen molar-refractivity contribution >= 4 is 63.3 Å². The topological polar surface area (TPSA) is 59.0 Å². The van der Waals surface area contributed by atoms with Crippen molar-refractivity contribution in [2.75, 3.05) is 5.32 Å². The Morgan fingerprint density at radius 3 is 2.92 bits per heavy atom. The molecule has 0 spiro atoms. The molecule has 0 fully saturated rings. The largest absolute Gasteiger partial charge is 0.342 e. The summed E-state index contributed by atoms with van der Waals surface area (Å²) in [7, 11) is 0. The van der Waals surface area contributed by atoms with E-state index in [1.165, 1.54) is 11.8 Å². The Labute approximate surface area is 152 Å². The molecule has 1 aliphatic rings. The van der Waals surface area contributed by atoms with Gasteiger partial charge >= 0.3 is 0 Å². The number of carbonyl (C=O) groups excluding carboxylic acids is 1. The van der Waals surface area contributed by atoms with Crippen molar-refractivity contribution < 1.29 is 4.79 Å². The maximum absolute atomic E-state index is 12.6. The maximum Gasteiger partial charge on any atom is 0.266 e. The van der Waals surface area contributed by atoms with Gasteiger partial charge in [0.25, 0.3) is 5.91 Å². The quantitative estimate of drug-likeness (QED) is 0.666. The molecule has 0 aliphatic carbocycles. The third-order valence-electron chi connectivity index (χ3n) is 3.54. The molecule has 0 amide bonds. The lowest BCUT2D eigenvalue weighted by atomic mass is 10.3. The van der Waals surface area contributed by atoms with Gasteiger partial charge in [-0.1, -0.05) is 41.6 Å². The summed E-state index contributed by atoms with van der Waals surface area (Å²) in [5.74, 6) is -0.0843. The molecule has 120 valence electrons. The number of rotatable bonds is 2. The van der Waals surface area contributed by atoms with Crippen LogP contribution in [0.25, 0.3) is 11.0 Å². The highest BCUT2D eigenvalue weighted by atomic mass is 35.5. The van der Waals surface area contributed by atoms with Gasteiger partial charge in [0.05, 0.1) is 11.0 Å². The van der Waals surface area contributed by atoms with Crippen molar-refractivity contribution in [3.05, 3.63) is 53.6 Å². The van der Waals surface area contributed by atoms with Crippen LogP contribution in [0.15, 0.2) is 53.7 Å². The molecule has 0 saturated heterocycles. The minimum absolute atomic E-state index is 0.0843. The first-order chi connectivity index (χ1) is 11.6. The van der Waals surface area contributed by atoms with Gasteiger partial charge in [-0.2, -0.15) is 0 Å². The van der Waals surface area contributed by atoms with E-state index in [2.05, 4.69) is 15.6 Å². The molecule has 1 unspecified atom stereocenters. The van der Waals surface area contributed by atoms with Crippen molar-refractivity contribution in [1.29, 1.82) is 0 Å². The highest BCUT2D eigenvalue weighted by molar-refractivity contribution is 8.01. The smallest absolute Gasteiger partial charge is 0.266 e. The second-order valence-electron chi connectivity index (χ2n) is 5.16. The monoisotopic (exact) mass is 374 g/mol. The van der Waals surface area contributed by atoms with Gasteiger partial charge in [-0.15, -0.1) is 0 Å². The molecule has 8 heteroatoms. The number of thioether (sulfide) groups is 1. The third-order valence-corrected chi connectivity index (χ3v) is 5.04. The Kier molecular flexibility index (Phi) is 3.91. The Morgan fingerprint density at radius 2 is 2.08 bits per heavy atom. The summed E-state index contributed by atoms with van der Waals surface area (Å²) >= 11 is 12.6. The maximum atomic E-state index is 12.6. The van der Waals surface area contributed by atoms with Crippen LogP contribution >= 0.6 is 35.6 Å². The van der Waals surface area contributed by atoms with E-state index >= 15 is 0 Å². The molecular weight excluding hydrogens is 364 g/mol. The second-order valence-corrected chi connectivity index (χ2v) is 7.08. The Hall–Kier alpha value is -2.09. The molecule has 0 bridgehead atoms. The van der Waals surface area contributed by atoms with E-state index in [1.807, 2.05) is 36.4 Å². The van der Waals surface area contributed by atoms with Crippen LogP contribution < -0.4 is 10.6 Å². The standard InChI is InChI=1S/C16H11ClN4OS2/c17-9-4-3-5-10(8-9)18-15(23)20-13-14(22)21-12-7-2-1-6-11(12)19-16(21)24-13/h1-8,13H,(H2,18,20,23). The Morgan fingerprint density at radius 1 is 1.25 bits per heavy atom. The van der Waals surface area contributed by atoms with Crippen LogP contribution in [0.3, 0.4) is 0 Å². The molecule has 24 heavy (non-hydrogen) atoms. The number of fused-ring (bicyclic) bond motifs is 3. The molecular formula is C16H11ClN4OS2. The van der Waals surface area contributed by atoms with Crippen LogP contribution in [0.1, 0.15) is 4.79 Å². The molecule has 3 aromatic rings. The summed E-state index contributed by atoms with van der Waals surface area (Å²) in [5, 5.41) is 7.19. The summed E-state index contributed by atoms with van der Waals surface area (Å²) in [6.07, 6.45) is 0. The van der Waals surface area contributed by atoms with E-state index in [9.17, 15) is 4.79 Å². The van der Waals surface area contributed by atoms with Gasteiger partial charge in [-0.05, 0) is 42.5 Å². The number of hydrogen-bond donors (Lipinski definition) is 2. The Balaban J connectivity index is 1.50. The number of benzene rings is 2. The molecule has 2 N–H and O–H groups in total. The number of carbonyl (C=O) groups is 1. The molecule has 5 nitrogen and oxygen atoms in total. The van der Waals surface area contributed by atoms with Crippen molar-refractivity contribution in [3.63, 3.8) is 0 Å². The second kappa shape index (κ2) is 6.08. The van der Waals surface area contributed by atoms with Gasteiger partial charge in [0.1, 0.15) is 0 Å². The molecule has 1 aliphatic heterocycles. The molecule has 0 saturated carbocycles. The highest BCUT2D eigenvalue weighted by Crippen LogP contribution is 2.33. The molecule has 0 radical (unpaired) electrons. The first kappa shape index (κ1) is 15.4. The molecule has 4 rings (SSSR count). The fourth-order valence-electron chi connectivity index (χ4n) is 2.51. The number of anilines is 1. The van der Waals surface area contributed by atoms with Gasteiger partial charge in [-0.25, -0.2) is 4.98 Å². The number of halogens is 1. The van der Waals surface area contributed by atoms with E-state index in [0.717, 1.165) is 16.7 Å². The van der Waals surface area contributed by atoms with Crippen LogP contribution in [0.5, 0.6) is 0 Å². The van der Waals surface area contributed by atoms with Gasteiger partial charge < -0.3 is 10.6 Å². The minimum Gasteiger partial charge on any atom is -0.342 e. The first-order valence-corrected chi connectivity index (χ1v) is 8.80. The van der Waals surface area contributed by atoms with Crippen LogP contribution in [0, 0.1) is 0 Å². The van der Waals surface area contributed by atoms with E-state index in [-0.39, 0.29) is 5.91 Å². The van der Waals surface area contributed by atoms with E-state index in [1.54, 1.807) is 16.7 Å². The van der Waals surface area contributed by atoms with Crippen molar-refractivity contribution in [2.24, 2.45) is 0 Å². The molecule has 1 aromatic heterocycles. The number of aromatic nitrogens is 2. The number of nitrogens with zero attached hydrogens (tertiary/aromatic N) is 2. The summed E-state index contributed by atoms with van der Waals surface area (Å²) in [4.78, 5) is 17.1. The summed E-state index contributed by atoms with van der Waals surface area (Å²) < 4.78 is 1.62. The van der Waals surface area contributed by atoms with Gasteiger partial charge in [0.2, 0.25) is 0 Å². The average molecular weight is 375 g/mol. The number of thiocarbonyl (C=S) groups is 1. The number of para-hydroxylation sites is 2. The SMILES string of the molecule is O=C1C(NC(=S)Nc2cccc(Cl)c2)Sc2nc3ccccc3n21. The van der Waals surface area contributed by atoms with Crippen LogP contribution in [-0.2, 0) is 0 Å². The lowest BCUT2D eigenvalue weighted by Crippen LogP contribution is -2.40. The molecule has 2 aromatic carbocycles. The van der Waals surface area contributed by atoms with Crippen LogP contribution in [-0.4, -0.2) is 25.9 Å². The first-order valence-electron chi connectivity index (χ1n) is 7.13. The van der Waals surface area contributed by atoms with Crippen molar-refractivity contribution in [1.82, 2.24) is 14.9 Å². The minimum atomic E-state index is -0.503. The summed E-state index contributed by atoms with van der Waals surface area (Å²) in [5.41, 5.74) is 2.38. The van der Waals surface area contributed by atoms with Crippen LogP contribution in [0.4, 0.5) is 5.69 Å². The lowest BCUT2D eigenvalue weighted by molar-refractivity contribution is 0.0910. The molecule has 2 heterocycles. The van der Waals surface area contributed by atoms with Crippen molar-refractivity contribution in [2.45, 2.75) is 10.5 Å². The van der Waals surface area contributed by atoms with Crippen LogP contribution in [0.2, 0.25) is 5.02 Å². The lowest BCUT2D eigenvalue weighted by Gasteiger charge is -2.14. The average Bonchev–Trinajstić information content (AvgIpc) is 3.04. The molecule has 1 atom stereocenters. The predicted octanol–water partition coefficient (Wildman–Crippen LogP) is 3.75. The number of hydrogen-bond acceptors (Lipinski definition) is 4. The summed E-state index contributed by atoms with van der Waals surface area (Å²) in [6, 6.07) is 14.8. The highest BCUT2D eigenvalue weighted by Gasteiger charge is 2.34. The van der Waals surface area contributed by atoms with E-state index < -0.39 is 5.37 Å². The summed E-state index contributed by atoms with van der Waals surface area (Å²) in [6.45, 7) is 0. The van der Waals surface area contributed by atoms with Crippen molar-refractivity contribution in [3.8, 4) is 0 Å².